The van der Waals surface area contributed by atoms with Crippen molar-refractivity contribution in [3.05, 3.63) is 24.3 Å². The molecule has 0 aromatic heterocycles. The summed E-state index contributed by atoms with van der Waals surface area (Å²) in [6.45, 7) is 6.46. The van der Waals surface area contributed by atoms with Crippen LogP contribution < -0.4 is 15.0 Å². The smallest absolute Gasteiger partial charge is 0.119 e. The van der Waals surface area contributed by atoms with Gasteiger partial charge in [0.05, 0.1) is 7.11 Å². The van der Waals surface area contributed by atoms with E-state index >= 15 is 0 Å². The van der Waals surface area contributed by atoms with E-state index < -0.39 is 0 Å². The molecule has 0 saturated heterocycles. The molecule has 0 heterocycles. The van der Waals surface area contributed by atoms with Gasteiger partial charge in [-0.1, -0.05) is 6.92 Å². The normalized spacial score (nSPS) is 12.2. The molecular weight excluding hydrogens is 212 g/mol. The van der Waals surface area contributed by atoms with Gasteiger partial charge < -0.3 is 15.0 Å². The molecule has 0 radical (unpaired) electrons. The first-order valence-corrected chi connectivity index (χ1v) is 6.26. The topological polar surface area (TPSA) is 24.5 Å². The minimum Gasteiger partial charge on any atom is -0.497 e. The van der Waals surface area contributed by atoms with Crippen molar-refractivity contribution < 1.29 is 4.74 Å². The third kappa shape index (κ3) is 4.65. The zero-order chi connectivity index (χ0) is 12.7. The SMILES string of the molecule is CCNC(C)CCN(C)c1ccc(OC)cc1. The fourth-order valence-electron chi connectivity index (χ4n) is 1.80. The predicted octanol–water partition coefficient (Wildman–Crippen LogP) is 2.52. The van der Waals surface area contributed by atoms with Crippen LogP contribution in [0.2, 0.25) is 0 Å². The van der Waals surface area contributed by atoms with Crippen LogP contribution in [0.1, 0.15) is 20.3 Å². The Morgan fingerprint density at radius 1 is 1.29 bits per heavy atom. The standard InChI is InChI=1S/C14H24N2O/c1-5-15-12(2)10-11-16(3)13-6-8-14(17-4)9-7-13/h6-9,12,15H,5,10-11H2,1-4H3. The summed E-state index contributed by atoms with van der Waals surface area (Å²) in [7, 11) is 3.82. The van der Waals surface area contributed by atoms with Crippen LogP contribution in [0.15, 0.2) is 24.3 Å². The number of nitrogens with one attached hydrogen (secondary N) is 1. The molecule has 3 nitrogen and oxygen atoms in total. The van der Waals surface area contributed by atoms with E-state index in [1.807, 2.05) is 12.1 Å². The number of hydrogen-bond acceptors (Lipinski definition) is 3. The summed E-state index contributed by atoms with van der Waals surface area (Å²) in [5, 5.41) is 3.42. The quantitative estimate of drug-likeness (QED) is 0.787. The highest BCUT2D eigenvalue weighted by Gasteiger charge is 2.04. The van der Waals surface area contributed by atoms with Gasteiger partial charge in [-0.2, -0.15) is 0 Å². The molecule has 96 valence electrons. The first-order valence-electron chi connectivity index (χ1n) is 6.26. The van der Waals surface area contributed by atoms with Gasteiger partial charge in [0.25, 0.3) is 0 Å². The first-order chi connectivity index (χ1) is 8.17. The Kier molecular flexibility index (Phi) is 5.84. The van der Waals surface area contributed by atoms with Gasteiger partial charge >= 0.3 is 0 Å². The number of ether oxygens (including phenoxy) is 1. The summed E-state index contributed by atoms with van der Waals surface area (Å²) in [5.41, 5.74) is 1.23. The van der Waals surface area contributed by atoms with E-state index in [-0.39, 0.29) is 0 Å². The van der Waals surface area contributed by atoms with Gasteiger partial charge in [0.15, 0.2) is 0 Å². The molecular formula is C14H24N2O. The average Bonchev–Trinajstić information content (AvgIpc) is 2.36. The fraction of sp³-hybridized carbons (Fsp3) is 0.571. The van der Waals surface area contributed by atoms with Crippen LogP contribution in [-0.4, -0.2) is 33.3 Å². The summed E-state index contributed by atoms with van der Waals surface area (Å²) in [4.78, 5) is 2.27. The Hall–Kier alpha value is -1.22. The number of nitrogens with zero attached hydrogens (tertiary/aromatic N) is 1. The predicted molar refractivity (Wildman–Crippen MR) is 74.0 cm³/mol. The molecule has 0 bridgehead atoms. The van der Waals surface area contributed by atoms with Crippen molar-refractivity contribution in [3.63, 3.8) is 0 Å². The van der Waals surface area contributed by atoms with Gasteiger partial charge in [0.1, 0.15) is 5.75 Å². The number of rotatable bonds is 7. The van der Waals surface area contributed by atoms with Crippen molar-refractivity contribution in [2.75, 3.05) is 32.1 Å². The van der Waals surface area contributed by atoms with Gasteiger partial charge in [-0.15, -0.1) is 0 Å². The molecule has 1 N–H and O–H groups in total. The highest BCUT2D eigenvalue weighted by molar-refractivity contribution is 5.48. The summed E-state index contributed by atoms with van der Waals surface area (Å²) < 4.78 is 5.15. The lowest BCUT2D eigenvalue weighted by atomic mass is 10.2. The van der Waals surface area contributed by atoms with E-state index in [9.17, 15) is 0 Å². The fourth-order valence-corrected chi connectivity index (χ4v) is 1.80. The van der Waals surface area contributed by atoms with Crippen molar-refractivity contribution >= 4 is 5.69 Å². The van der Waals surface area contributed by atoms with Crippen LogP contribution in [0.4, 0.5) is 5.69 Å². The maximum Gasteiger partial charge on any atom is 0.119 e. The van der Waals surface area contributed by atoms with Crippen LogP contribution in [0.3, 0.4) is 0 Å². The molecule has 1 atom stereocenters. The lowest BCUT2D eigenvalue weighted by molar-refractivity contribution is 0.415. The highest BCUT2D eigenvalue weighted by atomic mass is 16.5. The lowest BCUT2D eigenvalue weighted by Gasteiger charge is -2.22. The largest absolute Gasteiger partial charge is 0.497 e. The second-order valence-corrected chi connectivity index (χ2v) is 4.37. The van der Waals surface area contributed by atoms with Crippen LogP contribution in [0.25, 0.3) is 0 Å². The monoisotopic (exact) mass is 236 g/mol. The van der Waals surface area contributed by atoms with E-state index in [2.05, 4.69) is 43.2 Å². The molecule has 1 aromatic carbocycles. The van der Waals surface area contributed by atoms with Crippen LogP contribution in [-0.2, 0) is 0 Å². The second-order valence-electron chi connectivity index (χ2n) is 4.37. The molecule has 0 aliphatic heterocycles. The molecule has 0 aliphatic rings. The Morgan fingerprint density at radius 3 is 2.47 bits per heavy atom. The van der Waals surface area contributed by atoms with Crippen LogP contribution >= 0.6 is 0 Å². The van der Waals surface area contributed by atoms with E-state index in [4.69, 9.17) is 4.74 Å². The minimum atomic E-state index is 0.570. The Morgan fingerprint density at radius 2 is 1.94 bits per heavy atom. The number of benzene rings is 1. The van der Waals surface area contributed by atoms with Crippen molar-refractivity contribution in [1.29, 1.82) is 0 Å². The van der Waals surface area contributed by atoms with Crippen molar-refractivity contribution in [2.24, 2.45) is 0 Å². The van der Waals surface area contributed by atoms with Gasteiger partial charge in [-0.3, -0.25) is 0 Å². The Bertz CT molecular complexity index is 311. The third-order valence-electron chi connectivity index (χ3n) is 2.96. The molecule has 0 spiro atoms. The van der Waals surface area contributed by atoms with E-state index in [0.717, 1.165) is 25.3 Å². The maximum atomic E-state index is 5.15. The summed E-state index contributed by atoms with van der Waals surface area (Å²) in [6.07, 6.45) is 1.15. The lowest BCUT2D eigenvalue weighted by Crippen LogP contribution is -2.30. The van der Waals surface area contributed by atoms with Crippen molar-refractivity contribution in [3.8, 4) is 5.75 Å². The Labute approximate surface area is 105 Å². The zero-order valence-corrected chi connectivity index (χ0v) is 11.4. The molecule has 0 saturated carbocycles. The number of hydrogen-bond donors (Lipinski definition) is 1. The molecule has 1 aromatic rings. The van der Waals surface area contributed by atoms with Gasteiger partial charge in [-0.05, 0) is 44.2 Å². The van der Waals surface area contributed by atoms with E-state index in [0.29, 0.717) is 6.04 Å². The van der Waals surface area contributed by atoms with Gasteiger partial charge in [0, 0.05) is 25.3 Å². The van der Waals surface area contributed by atoms with Gasteiger partial charge in [0.2, 0.25) is 0 Å². The van der Waals surface area contributed by atoms with Crippen molar-refractivity contribution in [2.45, 2.75) is 26.3 Å². The third-order valence-corrected chi connectivity index (χ3v) is 2.96. The molecule has 3 heteroatoms. The number of methoxy groups -OCH3 is 1. The molecule has 1 rings (SSSR count). The minimum absolute atomic E-state index is 0.570. The molecule has 0 aliphatic carbocycles. The zero-order valence-electron chi connectivity index (χ0n) is 11.4. The molecule has 17 heavy (non-hydrogen) atoms. The summed E-state index contributed by atoms with van der Waals surface area (Å²) in [6, 6.07) is 8.76. The second kappa shape index (κ2) is 7.17. The highest BCUT2D eigenvalue weighted by Crippen LogP contribution is 2.18. The number of anilines is 1. The Balaban J connectivity index is 2.43. The average molecular weight is 236 g/mol. The van der Waals surface area contributed by atoms with E-state index in [1.54, 1.807) is 7.11 Å². The van der Waals surface area contributed by atoms with Gasteiger partial charge in [-0.25, -0.2) is 0 Å². The van der Waals surface area contributed by atoms with Crippen molar-refractivity contribution in [1.82, 2.24) is 5.32 Å². The maximum absolute atomic E-state index is 5.15. The van der Waals surface area contributed by atoms with E-state index in [1.165, 1.54) is 5.69 Å². The molecule has 1 unspecified atom stereocenters. The van der Waals surface area contributed by atoms with Crippen LogP contribution in [0.5, 0.6) is 5.75 Å². The summed E-state index contributed by atoms with van der Waals surface area (Å²) >= 11 is 0. The first kappa shape index (κ1) is 13.8. The molecule has 0 amide bonds. The molecule has 0 fully saturated rings. The van der Waals surface area contributed by atoms with Crippen LogP contribution in [0, 0.1) is 0 Å². The summed E-state index contributed by atoms with van der Waals surface area (Å²) in [5.74, 6) is 0.906.